The molecule has 4 heterocycles. The average Bonchev–Trinajstić information content (AvgIpc) is 3.51. The Morgan fingerprint density at radius 2 is 1.59 bits per heavy atom. The molecule has 4 saturated heterocycles. The summed E-state index contributed by atoms with van der Waals surface area (Å²) in [7, 11) is 5.06. The second-order valence-electron chi connectivity index (χ2n) is 18.3. The van der Waals surface area contributed by atoms with Gasteiger partial charge in [0.05, 0.1) is 53.7 Å². The average molecular weight is 861 g/mol. The third kappa shape index (κ3) is 11.1. The fourth-order valence-electron chi connectivity index (χ4n) is 9.56. The molecule has 3 N–H and O–H groups in total. The number of fused-ring (bicyclic) bond motifs is 1. The Balaban J connectivity index is 1.84. The lowest BCUT2D eigenvalue weighted by molar-refractivity contribution is -0.315. The summed E-state index contributed by atoms with van der Waals surface area (Å²) >= 11 is 1.77. The molecule has 0 aromatic carbocycles. The number of hydrogen-bond donors (Lipinski definition) is 3. The Hall–Kier alpha value is -1.60. The number of likely N-dealkylation sites (N-methyl/N-ethyl adjacent to an activating group) is 1. The molecule has 0 aromatic rings. The van der Waals surface area contributed by atoms with Crippen LogP contribution in [-0.2, 0) is 47.5 Å². The molecule has 0 spiro atoms. The van der Waals surface area contributed by atoms with E-state index >= 15 is 0 Å². The third-order valence-corrected chi connectivity index (χ3v) is 14.3. The largest absolute Gasteiger partial charge is 0.459 e. The van der Waals surface area contributed by atoms with Crippen molar-refractivity contribution in [3.8, 4) is 0 Å². The number of hydrogen-bond acceptors (Lipinski definition) is 15. The van der Waals surface area contributed by atoms with E-state index in [2.05, 4.69) is 11.2 Å². The van der Waals surface area contributed by atoms with Crippen molar-refractivity contribution in [2.45, 2.75) is 192 Å². The predicted octanol–water partition coefficient (Wildman–Crippen LogP) is 4.35. The molecule has 15 nitrogen and oxygen atoms in total. The minimum atomic E-state index is -1.88. The first-order valence-corrected chi connectivity index (χ1v) is 22.9. The van der Waals surface area contributed by atoms with Crippen LogP contribution in [0, 0.1) is 23.7 Å². The topological polar surface area (TPSA) is 184 Å². The van der Waals surface area contributed by atoms with Gasteiger partial charge in [0.25, 0.3) is 6.02 Å². The molecule has 342 valence electrons. The predicted molar refractivity (Wildman–Crippen MR) is 224 cm³/mol. The summed E-state index contributed by atoms with van der Waals surface area (Å²) in [6, 6.07) is 0.427. The molecule has 4 rings (SSSR count). The molecule has 0 saturated carbocycles. The van der Waals surface area contributed by atoms with Gasteiger partial charge in [-0.15, -0.1) is 0 Å². The number of rotatable bonds is 11. The Labute approximate surface area is 356 Å². The van der Waals surface area contributed by atoms with Crippen molar-refractivity contribution in [1.82, 2.24) is 4.90 Å². The van der Waals surface area contributed by atoms with Crippen LogP contribution in [0.2, 0.25) is 0 Å². The van der Waals surface area contributed by atoms with Crippen LogP contribution in [-0.4, -0.2) is 162 Å². The highest BCUT2D eigenvalue weighted by Gasteiger charge is 2.55. The lowest BCUT2D eigenvalue weighted by atomic mass is 9.76. The molecule has 59 heavy (non-hydrogen) atoms. The molecule has 16 heteroatoms. The SMILES string of the molecule is CC[C@H]1OC(=O)[C@H](C)[C@@H](O[C@H]2C[C@@](C)(OC)[C@@H](O)[C@H](C)O2)[C@H](C)[C@@H](O[C@@H]2O[C@H](C)C[C@H]3[C@H]2OC(=NCCCSC)N3C)[C@](C)(OC)C[C@@H](C)C(=O)C[C@H](C)[C@@H](O)[C@]1(C)O. The van der Waals surface area contributed by atoms with Crippen molar-refractivity contribution >= 4 is 29.5 Å². The lowest BCUT2D eigenvalue weighted by Gasteiger charge is -2.49. The highest BCUT2D eigenvalue weighted by Crippen LogP contribution is 2.42. The maximum atomic E-state index is 14.4. The zero-order valence-electron chi connectivity index (χ0n) is 38.0. The molecular formula is C43H76N2O13S. The van der Waals surface area contributed by atoms with Crippen LogP contribution in [0.5, 0.6) is 0 Å². The van der Waals surface area contributed by atoms with Gasteiger partial charge in [-0.2, -0.15) is 11.8 Å². The molecule has 0 unspecified atom stereocenters. The van der Waals surface area contributed by atoms with Crippen molar-refractivity contribution in [3.63, 3.8) is 0 Å². The van der Waals surface area contributed by atoms with E-state index in [1.54, 1.807) is 53.5 Å². The Morgan fingerprint density at radius 3 is 2.20 bits per heavy atom. The number of aliphatic hydroxyl groups is 3. The van der Waals surface area contributed by atoms with Crippen LogP contribution in [0.1, 0.15) is 108 Å². The molecule has 18 atom stereocenters. The van der Waals surface area contributed by atoms with Gasteiger partial charge in [0.1, 0.15) is 23.6 Å². The van der Waals surface area contributed by atoms with Crippen LogP contribution >= 0.6 is 11.8 Å². The number of carbonyl (C=O) groups is 2. The number of esters is 1. The zero-order valence-corrected chi connectivity index (χ0v) is 38.9. The van der Waals surface area contributed by atoms with E-state index in [0.29, 0.717) is 19.0 Å². The molecule has 0 aliphatic carbocycles. The van der Waals surface area contributed by atoms with Crippen molar-refractivity contribution < 1.29 is 62.8 Å². The van der Waals surface area contributed by atoms with Gasteiger partial charge < -0.3 is 58.1 Å². The van der Waals surface area contributed by atoms with Crippen LogP contribution in [0.3, 0.4) is 0 Å². The standard InChI is InChI=1S/C43H76N2O13S/c1-15-31-43(10,50)35(47)23(2)19-30(46)24(3)21-42(9,52-13)37(58-39-34-29(20-25(4)53-39)45(11)40(57-34)44-17-16-18-59-14)26(5)33(27(6)38(49)55-31)56-32-22-41(8,51-12)36(48)28(7)54-32/h23-29,31-37,39,47-48,50H,15-22H2,1-14H3/t23-,24+,25+,26-,27+,28-,29-,31+,32-,33-,34+,35+,36-,37+,39-,41+,42+,43+/m0/s1. The number of methoxy groups -OCH3 is 2. The van der Waals surface area contributed by atoms with E-state index in [4.69, 9.17) is 42.9 Å². The smallest absolute Gasteiger partial charge is 0.311 e. The number of ether oxygens (including phenoxy) is 8. The summed E-state index contributed by atoms with van der Waals surface area (Å²) in [5.74, 6) is -2.72. The van der Waals surface area contributed by atoms with Gasteiger partial charge >= 0.3 is 5.97 Å². The Bertz CT molecular complexity index is 1420. The maximum absolute atomic E-state index is 14.4. The van der Waals surface area contributed by atoms with Gasteiger partial charge in [0.15, 0.2) is 18.7 Å². The van der Waals surface area contributed by atoms with Crippen molar-refractivity contribution in [3.05, 3.63) is 0 Å². The number of cyclic esters (lactones) is 1. The number of carbonyl (C=O) groups excluding carboxylic acids is 2. The monoisotopic (exact) mass is 861 g/mol. The summed E-state index contributed by atoms with van der Waals surface area (Å²) in [6.45, 7) is 18.3. The Morgan fingerprint density at radius 1 is 0.932 bits per heavy atom. The maximum Gasteiger partial charge on any atom is 0.311 e. The first-order chi connectivity index (χ1) is 27.6. The van der Waals surface area contributed by atoms with Crippen molar-refractivity contribution in [2.24, 2.45) is 28.7 Å². The molecule has 4 aliphatic heterocycles. The van der Waals surface area contributed by atoms with Gasteiger partial charge in [0.2, 0.25) is 0 Å². The zero-order chi connectivity index (χ0) is 44.2. The van der Waals surface area contributed by atoms with E-state index in [9.17, 15) is 24.9 Å². The quantitative estimate of drug-likeness (QED) is 0.197. The fourth-order valence-corrected chi connectivity index (χ4v) is 9.98. The van der Waals surface area contributed by atoms with Gasteiger partial charge in [-0.05, 0) is 85.2 Å². The van der Waals surface area contributed by atoms with Crippen molar-refractivity contribution in [2.75, 3.05) is 39.8 Å². The van der Waals surface area contributed by atoms with Crippen LogP contribution in [0.15, 0.2) is 4.99 Å². The number of thioether (sulfide) groups is 1. The van der Waals surface area contributed by atoms with Crippen LogP contribution in [0.25, 0.3) is 0 Å². The summed E-state index contributed by atoms with van der Waals surface area (Å²) < 4.78 is 51.7. The van der Waals surface area contributed by atoms with Gasteiger partial charge in [-0.1, -0.05) is 27.7 Å². The van der Waals surface area contributed by atoms with Crippen LogP contribution < -0.4 is 0 Å². The van der Waals surface area contributed by atoms with Gasteiger partial charge in [-0.25, -0.2) is 4.99 Å². The molecule has 4 fully saturated rings. The van der Waals surface area contributed by atoms with Gasteiger partial charge in [0, 0.05) is 52.5 Å². The second-order valence-corrected chi connectivity index (χ2v) is 19.3. The second kappa shape index (κ2) is 20.7. The molecule has 0 radical (unpaired) electrons. The van der Waals surface area contributed by atoms with E-state index in [1.807, 2.05) is 34.7 Å². The van der Waals surface area contributed by atoms with E-state index < -0.39 is 102 Å². The number of aliphatic hydroxyl groups excluding tert-OH is 2. The number of Topliss-reactive ketones (excluding diaryl/α,β-unsaturated/α-hetero) is 1. The molecule has 4 aliphatic rings. The lowest BCUT2D eigenvalue weighted by Crippen LogP contribution is -2.60. The molecule has 0 amide bonds. The Kier molecular flexibility index (Phi) is 17.6. The number of aliphatic imine (C=N–C) groups is 1. The summed E-state index contributed by atoms with van der Waals surface area (Å²) in [6.07, 6.45) is -4.44. The minimum Gasteiger partial charge on any atom is -0.459 e. The first kappa shape index (κ1) is 50.0. The van der Waals surface area contributed by atoms with Crippen LogP contribution in [0.4, 0.5) is 0 Å². The van der Waals surface area contributed by atoms with E-state index in [1.165, 1.54) is 14.0 Å². The summed E-state index contributed by atoms with van der Waals surface area (Å²) in [4.78, 5) is 35.3. The first-order valence-electron chi connectivity index (χ1n) is 21.6. The number of amidine groups is 1. The molecule has 0 bridgehead atoms. The highest BCUT2D eigenvalue weighted by atomic mass is 32.2. The van der Waals surface area contributed by atoms with E-state index in [0.717, 1.165) is 12.2 Å². The van der Waals surface area contributed by atoms with Crippen molar-refractivity contribution in [1.29, 1.82) is 0 Å². The summed E-state index contributed by atoms with van der Waals surface area (Å²) in [5, 5.41) is 34.3. The van der Waals surface area contributed by atoms with E-state index in [-0.39, 0.29) is 43.6 Å². The van der Waals surface area contributed by atoms with Gasteiger partial charge in [-0.3, -0.25) is 9.59 Å². The highest BCUT2D eigenvalue weighted by molar-refractivity contribution is 7.98. The molecule has 0 aromatic heterocycles. The fraction of sp³-hybridized carbons (Fsp3) is 0.930. The number of nitrogens with zero attached hydrogens (tertiary/aromatic N) is 2. The third-order valence-electron chi connectivity index (χ3n) is 13.6. The normalized spacial score (nSPS) is 46.3. The summed E-state index contributed by atoms with van der Waals surface area (Å²) in [5.41, 5.74) is -4.09. The minimum absolute atomic E-state index is 0.0283. The molecular weight excluding hydrogens is 785 g/mol. The number of ketones is 1.